The molecule has 32 heavy (non-hydrogen) atoms. The number of pyridine rings is 2. The zero-order valence-corrected chi connectivity index (χ0v) is 18.8. The molecule has 0 aliphatic carbocycles. The van der Waals surface area contributed by atoms with Gasteiger partial charge >= 0.3 is 5.97 Å². The second-order valence-electron chi connectivity index (χ2n) is 7.79. The number of aryl methyl sites for hydroxylation is 1. The van der Waals surface area contributed by atoms with Gasteiger partial charge in [0.15, 0.2) is 5.49 Å². The van der Waals surface area contributed by atoms with Crippen LogP contribution in [0, 0.1) is 5.92 Å². The number of carbonyl (C=O) groups excluding carboxylic acids is 2. The normalized spacial score (nSPS) is 12.1. The van der Waals surface area contributed by atoms with Gasteiger partial charge in [0.1, 0.15) is 16.9 Å². The van der Waals surface area contributed by atoms with Crippen molar-refractivity contribution in [2.45, 2.75) is 40.2 Å². The standard InChI is InChI=1S/C23H28N4O5/c1-5-32-23(30)17-14-16-20(24-18-9-6-7-10-26(18)22(16)29)27(11-8-12-31-4)21(17)25-19(28)13-15(2)3/h6-7,9-10,14-15H,5,8,11-13H2,1-4H3. The maximum absolute atomic E-state index is 13.2. The molecule has 0 fully saturated rings. The van der Waals surface area contributed by atoms with E-state index in [0.717, 1.165) is 0 Å². The molecule has 9 nitrogen and oxygen atoms in total. The predicted octanol–water partition coefficient (Wildman–Crippen LogP) is 2.34. The fraction of sp³-hybridized carbons (Fsp3) is 0.435. The van der Waals surface area contributed by atoms with Gasteiger partial charge in [0, 0.05) is 32.9 Å². The molecule has 0 saturated carbocycles. The average Bonchev–Trinajstić information content (AvgIpc) is 2.75. The Kier molecular flexibility index (Phi) is 7.53. The van der Waals surface area contributed by atoms with Crippen molar-refractivity contribution in [1.82, 2.24) is 14.0 Å². The van der Waals surface area contributed by atoms with Gasteiger partial charge in [0.2, 0.25) is 5.91 Å². The Morgan fingerprint density at radius 2 is 2.03 bits per heavy atom. The molecule has 3 heterocycles. The number of carbonyl (C=O) groups is 2. The Morgan fingerprint density at radius 3 is 2.72 bits per heavy atom. The lowest BCUT2D eigenvalue weighted by atomic mass is 10.1. The van der Waals surface area contributed by atoms with Gasteiger partial charge in [-0.2, -0.15) is 4.99 Å². The Balaban J connectivity index is 2.43. The quantitative estimate of drug-likeness (QED) is 0.303. The van der Waals surface area contributed by atoms with Gasteiger partial charge < -0.3 is 14.0 Å². The van der Waals surface area contributed by atoms with Crippen molar-refractivity contribution < 1.29 is 19.1 Å². The van der Waals surface area contributed by atoms with Gasteiger partial charge in [-0.15, -0.1) is 0 Å². The molecule has 0 radical (unpaired) electrons. The number of methoxy groups -OCH3 is 1. The first-order chi connectivity index (χ1) is 15.4. The fourth-order valence-corrected chi connectivity index (χ4v) is 3.45. The maximum Gasteiger partial charge on any atom is 0.341 e. The van der Waals surface area contributed by atoms with E-state index in [1.165, 1.54) is 10.5 Å². The van der Waals surface area contributed by atoms with Crippen molar-refractivity contribution in [3.8, 4) is 0 Å². The molecule has 0 aliphatic heterocycles. The van der Waals surface area contributed by atoms with E-state index in [0.29, 0.717) is 30.9 Å². The number of esters is 1. The summed E-state index contributed by atoms with van der Waals surface area (Å²) in [6.07, 6.45) is 2.42. The molecule has 0 atom stereocenters. The molecule has 3 aromatic rings. The van der Waals surface area contributed by atoms with E-state index in [-0.39, 0.29) is 46.8 Å². The van der Waals surface area contributed by atoms with E-state index < -0.39 is 5.97 Å². The number of nitrogens with zero attached hydrogens (tertiary/aromatic N) is 4. The van der Waals surface area contributed by atoms with Crippen LogP contribution >= 0.6 is 0 Å². The molecular formula is C23H28N4O5. The van der Waals surface area contributed by atoms with Crippen molar-refractivity contribution in [2.75, 3.05) is 20.3 Å². The summed E-state index contributed by atoms with van der Waals surface area (Å²) >= 11 is 0. The van der Waals surface area contributed by atoms with Crippen LogP contribution in [0.2, 0.25) is 0 Å². The number of fused-ring (bicyclic) bond motifs is 2. The average molecular weight is 441 g/mol. The highest BCUT2D eigenvalue weighted by atomic mass is 16.5. The van der Waals surface area contributed by atoms with Gasteiger partial charge in [0.05, 0.1) is 12.0 Å². The zero-order chi connectivity index (χ0) is 23.3. The van der Waals surface area contributed by atoms with Gasteiger partial charge in [-0.05, 0) is 37.5 Å². The molecule has 0 saturated heterocycles. The minimum absolute atomic E-state index is 0.0589. The van der Waals surface area contributed by atoms with Crippen molar-refractivity contribution in [1.29, 1.82) is 0 Å². The molecule has 0 spiro atoms. The van der Waals surface area contributed by atoms with E-state index in [4.69, 9.17) is 9.47 Å². The highest BCUT2D eigenvalue weighted by Crippen LogP contribution is 2.12. The molecule has 0 aromatic carbocycles. The van der Waals surface area contributed by atoms with Crippen molar-refractivity contribution in [2.24, 2.45) is 10.9 Å². The van der Waals surface area contributed by atoms with Crippen LogP contribution in [-0.2, 0) is 20.8 Å². The summed E-state index contributed by atoms with van der Waals surface area (Å²) in [5, 5.41) is 0.240. The van der Waals surface area contributed by atoms with Gasteiger partial charge in [-0.25, -0.2) is 9.78 Å². The first-order valence-electron chi connectivity index (χ1n) is 10.7. The second-order valence-corrected chi connectivity index (χ2v) is 7.79. The number of aromatic nitrogens is 3. The molecule has 170 valence electrons. The largest absolute Gasteiger partial charge is 0.462 e. The van der Waals surface area contributed by atoms with Crippen molar-refractivity contribution >= 4 is 28.6 Å². The molecule has 3 rings (SSSR count). The zero-order valence-electron chi connectivity index (χ0n) is 18.8. The first-order valence-corrected chi connectivity index (χ1v) is 10.7. The monoisotopic (exact) mass is 440 g/mol. The topological polar surface area (TPSA) is 104 Å². The van der Waals surface area contributed by atoms with Crippen LogP contribution in [0.4, 0.5) is 0 Å². The SMILES string of the molecule is CCOC(=O)c1cc2c(=O)n3ccccc3nc2n(CCCOC)c1=NC(=O)CC(C)C. The van der Waals surface area contributed by atoms with Gasteiger partial charge in [-0.1, -0.05) is 19.9 Å². The summed E-state index contributed by atoms with van der Waals surface area (Å²) in [6.45, 7) is 6.47. The Bertz CT molecular complexity index is 1270. The third-order valence-corrected chi connectivity index (χ3v) is 4.83. The minimum Gasteiger partial charge on any atom is -0.462 e. The van der Waals surface area contributed by atoms with Crippen LogP contribution in [0.1, 0.15) is 44.0 Å². The van der Waals surface area contributed by atoms with Gasteiger partial charge in [0.25, 0.3) is 5.56 Å². The highest BCUT2D eigenvalue weighted by molar-refractivity contribution is 5.93. The number of ether oxygens (including phenoxy) is 2. The summed E-state index contributed by atoms with van der Waals surface area (Å²) in [5.74, 6) is -0.905. The molecule has 3 aromatic heterocycles. The molecular weight excluding hydrogens is 412 g/mol. The van der Waals surface area contributed by atoms with E-state index in [2.05, 4.69) is 9.98 Å². The third-order valence-electron chi connectivity index (χ3n) is 4.83. The number of rotatable bonds is 8. The van der Waals surface area contributed by atoms with Gasteiger partial charge in [-0.3, -0.25) is 14.0 Å². The minimum atomic E-state index is -0.649. The summed E-state index contributed by atoms with van der Waals surface area (Å²) < 4.78 is 13.4. The lowest BCUT2D eigenvalue weighted by Crippen LogP contribution is -2.33. The van der Waals surface area contributed by atoms with E-state index in [9.17, 15) is 14.4 Å². The number of hydrogen-bond acceptors (Lipinski definition) is 6. The van der Waals surface area contributed by atoms with Crippen LogP contribution in [-0.4, -0.2) is 46.2 Å². The van der Waals surface area contributed by atoms with Crippen LogP contribution < -0.4 is 11.0 Å². The summed E-state index contributed by atoms with van der Waals surface area (Å²) in [7, 11) is 1.59. The second kappa shape index (κ2) is 10.3. The molecule has 0 N–H and O–H groups in total. The van der Waals surface area contributed by atoms with Crippen LogP contribution in [0.5, 0.6) is 0 Å². The molecule has 0 unspecified atom stereocenters. The van der Waals surface area contributed by atoms with Crippen molar-refractivity contribution in [3.63, 3.8) is 0 Å². The van der Waals surface area contributed by atoms with E-state index >= 15 is 0 Å². The lowest BCUT2D eigenvalue weighted by Gasteiger charge is -2.15. The summed E-state index contributed by atoms with van der Waals surface area (Å²) in [5.41, 5.74) is 0.681. The molecule has 0 aliphatic rings. The smallest absolute Gasteiger partial charge is 0.341 e. The summed E-state index contributed by atoms with van der Waals surface area (Å²) in [4.78, 5) is 47.6. The Hall–Kier alpha value is -3.33. The van der Waals surface area contributed by atoms with E-state index in [1.807, 2.05) is 13.8 Å². The van der Waals surface area contributed by atoms with E-state index in [1.54, 1.807) is 43.0 Å². The molecule has 9 heteroatoms. The Morgan fingerprint density at radius 1 is 1.25 bits per heavy atom. The fourth-order valence-electron chi connectivity index (χ4n) is 3.45. The lowest BCUT2D eigenvalue weighted by molar-refractivity contribution is -0.118. The first kappa shape index (κ1) is 23.3. The summed E-state index contributed by atoms with van der Waals surface area (Å²) in [6, 6.07) is 6.67. The number of amides is 1. The van der Waals surface area contributed by atoms with Crippen molar-refractivity contribution in [3.05, 3.63) is 51.9 Å². The molecule has 1 amide bonds. The Labute approximate surface area is 185 Å². The van der Waals surface area contributed by atoms with Crippen LogP contribution in [0.15, 0.2) is 40.2 Å². The predicted molar refractivity (Wildman–Crippen MR) is 119 cm³/mol. The highest BCUT2D eigenvalue weighted by Gasteiger charge is 2.20. The van der Waals surface area contributed by atoms with Crippen LogP contribution in [0.3, 0.4) is 0 Å². The number of hydrogen-bond donors (Lipinski definition) is 0. The molecule has 0 bridgehead atoms. The van der Waals surface area contributed by atoms with Crippen LogP contribution in [0.25, 0.3) is 16.7 Å². The maximum atomic E-state index is 13.2. The third kappa shape index (κ3) is 4.94.